The smallest absolute Gasteiger partial charge is 0.297 e. The average molecular weight is 418 g/mol. The molecule has 7 nitrogen and oxygen atoms in total. The molecule has 11 heteroatoms. The van der Waals surface area contributed by atoms with Crippen LogP contribution in [-0.2, 0) is 21.7 Å². The molecular weight excluding hydrogens is 397 g/mol. The zero-order chi connectivity index (χ0) is 20.9. The van der Waals surface area contributed by atoms with Crippen LogP contribution in [0.2, 0.25) is 0 Å². The minimum Gasteiger partial charge on any atom is -0.297 e. The number of hydrogen-bond donors (Lipinski definition) is 0. The van der Waals surface area contributed by atoms with Gasteiger partial charge < -0.3 is 0 Å². The minimum absolute atomic E-state index is 0.257. The Morgan fingerprint density at radius 3 is 2.57 bits per heavy atom. The molecule has 0 aromatic carbocycles. The zero-order valence-electron chi connectivity index (χ0n) is 15.5. The highest BCUT2D eigenvalue weighted by Crippen LogP contribution is 2.24. The van der Waals surface area contributed by atoms with Crippen LogP contribution in [0.1, 0.15) is 19.8 Å². The van der Waals surface area contributed by atoms with Gasteiger partial charge in [0.2, 0.25) is 5.91 Å². The van der Waals surface area contributed by atoms with Crippen LogP contribution < -0.4 is 4.90 Å². The molecule has 154 valence electrons. The number of amides is 1. The highest BCUT2D eigenvalue weighted by atomic mass is 32.2. The van der Waals surface area contributed by atoms with E-state index in [1.807, 2.05) is 6.07 Å². The summed E-state index contributed by atoms with van der Waals surface area (Å²) < 4.78 is 61.7. The maximum Gasteiger partial charge on any atom is 0.390 e. The number of sulfone groups is 1. The van der Waals surface area contributed by atoms with Gasteiger partial charge >= 0.3 is 6.18 Å². The van der Waals surface area contributed by atoms with Crippen molar-refractivity contribution in [2.24, 2.45) is 7.05 Å². The fourth-order valence-electron chi connectivity index (χ4n) is 2.58. The van der Waals surface area contributed by atoms with E-state index in [4.69, 9.17) is 0 Å². The lowest BCUT2D eigenvalue weighted by molar-refractivity contribution is -0.129. The van der Waals surface area contributed by atoms with Gasteiger partial charge in [0.1, 0.15) is 5.82 Å². The van der Waals surface area contributed by atoms with Crippen LogP contribution in [0, 0.1) is 0 Å². The van der Waals surface area contributed by atoms with Crippen molar-refractivity contribution in [3.8, 4) is 11.3 Å². The number of pyridine rings is 1. The number of aromatic nitrogens is 3. The molecule has 0 unspecified atom stereocenters. The highest BCUT2D eigenvalue weighted by molar-refractivity contribution is 7.91. The Balaban J connectivity index is 2.09. The number of alkyl halides is 3. The molecule has 2 aromatic rings. The number of carbonyl (C=O) groups is 1. The topological polar surface area (TPSA) is 85.2 Å². The molecule has 0 saturated heterocycles. The molecule has 0 aliphatic rings. The minimum atomic E-state index is -4.55. The van der Waals surface area contributed by atoms with Crippen LogP contribution in [0.15, 0.2) is 30.6 Å². The standard InChI is InChI=1S/C17H21F3N4O3S/c1-3-24(16(25)6-9-28(26,27)10-7-17(18,19)20)15-11-14(22-23(15)2)13-5-4-8-21-12-13/h4-5,8,11-12H,3,6-7,9-10H2,1-2H3. The normalized spacial score (nSPS) is 12.2. The SMILES string of the molecule is CCN(C(=O)CCS(=O)(=O)CCC(F)(F)F)c1cc(-c2cccnc2)nn1C. The van der Waals surface area contributed by atoms with Gasteiger partial charge in [-0.05, 0) is 19.1 Å². The summed E-state index contributed by atoms with van der Waals surface area (Å²) in [6, 6.07) is 5.24. The Hall–Kier alpha value is -2.43. The molecule has 0 saturated carbocycles. The fraction of sp³-hybridized carbons (Fsp3) is 0.471. The third-order valence-corrected chi connectivity index (χ3v) is 5.68. The number of anilines is 1. The van der Waals surface area contributed by atoms with Gasteiger partial charge in [-0.1, -0.05) is 0 Å². The summed E-state index contributed by atoms with van der Waals surface area (Å²) in [7, 11) is -2.34. The van der Waals surface area contributed by atoms with Gasteiger partial charge in [-0.3, -0.25) is 19.4 Å². The molecule has 1 amide bonds. The molecule has 0 spiro atoms. The number of halogens is 3. The van der Waals surface area contributed by atoms with Gasteiger partial charge in [0.15, 0.2) is 9.84 Å². The van der Waals surface area contributed by atoms with Gasteiger partial charge in [-0.2, -0.15) is 18.3 Å². The van der Waals surface area contributed by atoms with E-state index in [0.29, 0.717) is 11.5 Å². The summed E-state index contributed by atoms with van der Waals surface area (Å²) in [4.78, 5) is 17.9. The number of hydrogen-bond acceptors (Lipinski definition) is 5. The van der Waals surface area contributed by atoms with Gasteiger partial charge in [-0.15, -0.1) is 0 Å². The Labute approximate surface area is 161 Å². The largest absolute Gasteiger partial charge is 0.390 e. The molecule has 2 heterocycles. The van der Waals surface area contributed by atoms with Crippen molar-refractivity contribution >= 4 is 21.6 Å². The van der Waals surface area contributed by atoms with E-state index in [1.54, 1.807) is 38.5 Å². The van der Waals surface area contributed by atoms with E-state index >= 15 is 0 Å². The Morgan fingerprint density at radius 2 is 2.00 bits per heavy atom. The molecule has 0 aliphatic carbocycles. The molecule has 2 rings (SSSR count). The fourth-order valence-corrected chi connectivity index (χ4v) is 3.81. The molecule has 0 radical (unpaired) electrons. The monoisotopic (exact) mass is 418 g/mol. The van der Waals surface area contributed by atoms with Gasteiger partial charge in [-0.25, -0.2) is 8.42 Å². The Kier molecular flexibility index (Phi) is 6.81. The van der Waals surface area contributed by atoms with Crippen LogP contribution in [0.4, 0.5) is 19.0 Å². The van der Waals surface area contributed by atoms with E-state index in [-0.39, 0.29) is 6.54 Å². The number of rotatable bonds is 8. The van der Waals surface area contributed by atoms with Crippen LogP contribution in [0.25, 0.3) is 11.3 Å². The van der Waals surface area contributed by atoms with Gasteiger partial charge in [0, 0.05) is 44.0 Å². The van der Waals surface area contributed by atoms with E-state index in [2.05, 4.69) is 10.1 Å². The van der Waals surface area contributed by atoms with Crippen molar-refractivity contribution in [1.29, 1.82) is 0 Å². The second-order valence-electron chi connectivity index (χ2n) is 6.16. The number of nitrogens with zero attached hydrogens (tertiary/aromatic N) is 4. The number of carbonyl (C=O) groups excluding carboxylic acids is 1. The van der Waals surface area contributed by atoms with E-state index in [0.717, 1.165) is 5.56 Å². The maximum atomic E-state index is 12.5. The lowest BCUT2D eigenvalue weighted by atomic mass is 10.2. The molecule has 0 atom stereocenters. The maximum absolute atomic E-state index is 12.5. The predicted octanol–water partition coefficient (Wildman–Crippen LogP) is 2.59. The molecule has 0 fully saturated rings. The first-order valence-corrected chi connectivity index (χ1v) is 10.4. The summed E-state index contributed by atoms with van der Waals surface area (Å²) in [6.45, 7) is 1.97. The molecule has 0 N–H and O–H groups in total. The average Bonchev–Trinajstić information content (AvgIpc) is 3.01. The second-order valence-corrected chi connectivity index (χ2v) is 8.46. The van der Waals surface area contributed by atoms with E-state index in [9.17, 15) is 26.4 Å². The zero-order valence-corrected chi connectivity index (χ0v) is 16.3. The first-order chi connectivity index (χ1) is 13.0. The summed E-state index contributed by atoms with van der Waals surface area (Å²) in [5.74, 6) is -1.70. The van der Waals surface area contributed by atoms with Crippen LogP contribution in [-0.4, -0.2) is 53.3 Å². The van der Waals surface area contributed by atoms with Crippen LogP contribution >= 0.6 is 0 Å². The first-order valence-electron chi connectivity index (χ1n) is 8.54. The van der Waals surface area contributed by atoms with Crippen LogP contribution in [0.5, 0.6) is 0 Å². The summed E-state index contributed by atoms with van der Waals surface area (Å²) >= 11 is 0. The van der Waals surface area contributed by atoms with Crippen molar-refractivity contribution in [1.82, 2.24) is 14.8 Å². The van der Waals surface area contributed by atoms with Gasteiger partial charge in [0.25, 0.3) is 0 Å². The molecular formula is C17H21F3N4O3S. The van der Waals surface area contributed by atoms with Crippen molar-refractivity contribution in [2.75, 3.05) is 23.0 Å². The molecule has 0 aliphatic heterocycles. The number of aryl methyl sites for hydroxylation is 1. The molecule has 28 heavy (non-hydrogen) atoms. The van der Waals surface area contributed by atoms with E-state index < -0.39 is 46.3 Å². The summed E-state index contributed by atoms with van der Waals surface area (Å²) in [5.41, 5.74) is 1.34. The van der Waals surface area contributed by atoms with Crippen molar-refractivity contribution < 1.29 is 26.4 Å². The highest BCUT2D eigenvalue weighted by Gasteiger charge is 2.30. The van der Waals surface area contributed by atoms with Crippen molar-refractivity contribution in [2.45, 2.75) is 25.9 Å². The van der Waals surface area contributed by atoms with Crippen LogP contribution in [0.3, 0.4) is 0 Å². The lowest BCUT2D eigenvalue weighted by Gasteiger charge is -2.20. The quantitative estimate of drug-likeness (QED) is 0.658. The second kappa shape index (κ2) is 8.72. The predicted molar refractivity (Wildman–Crippen MR) is 98.4 cm³/mol. The molecule has 2 aromatic heterocycles. The first kappa shape index (κ1) is 21.9. The Morgan fingerprint density at radius 1 is 1.29 bits per heavy atom. The van der Waals surface area contributed by atoms with Gasteiger partial charge in [0.05, 0.1) is 23.6 Å². The summed E-state index contributed by atoms with van der Waals surface area (Å²) in [5, 5.41) is 4.34. The third-order valence-electron chi connectivity index (χ3n) is 4.03. The third kappa shape index (κ3) is 6.04. The van der Waals surface area contributed by atoms with Crippen molar-refractivity contribution in [3.05, 3.63) is 30.6 Å². The van der Waals surface area contributed by atoms with Crippen molar-refractivity contribution in [3.63, 3.8) is 0 Å². The summed E-state index contributed by atoms with van der Waals surface area (Å²) in [6.07, 6.45) is -3.13. The Bertz CT molecular complexity index is 911. The molecule has 0 bridgehead atoms. The lowest BCUT2D eigenvalue weighted by Crippen LogP contribution is -2.33. The van der Waals surface area contributed by atoms with E-state index in [1.165, 1.54) is 9.58 Å².